The number of likely N-dealkylation sites (tertiary alicyclic amines) is 1. The van der Waals surface area contributed by atoms with Crippen molar-refractivity contribution < 1.29 is 14.2 Å². The molecule has 27 heavy (non-hydrogen) atoms. The fraction of sp³-hybridized carbons (Fsp3) is 0.500. The Bertz CT molecular complexity index is 918. The second-order valence-corrected chi connectivity index (χ2v) is 7.24. The summed E-state index contributed by atoms with van der Waals surface area (Å²) in [6.07, 6.45) is 2.94. The Kier molecular flexibility index (Phi) is 5.11. The van der Waals surface area contributed by atoms with Gasteiger partial charge in [-0.25, -0.2) is 4.63 Å². The quantitative estimate of drug-likeness (QED) is 0.842. The highest BCUT2D eigenvalue weighted by Gasteiger charge is 2.39. The van der Waals surface area contributed by atoms with E-state index in [0.29, 0.717) is 36.5 Å². The first-order valence-electron chi connectivity index (χ1n) is 8.82. The minimum absolute atomic E-state index is 0.136. The van der Waals surface area contributed by atoms with Gasteiger partial charge in [-0.05, 0) is 32.8 Å². The van der Waals surface area contributed by atoms with E-state index in [1.165, 1.54) is 22.9 Å². The fourth-order valence-corrected chi connectivity index (χ4v) is 3.29. The predicted octanol–water partition coefficient (Wildman–Crippen LogP) is 0.635. The number of amides is 2. The van der Waals surface area contributed by atoms with Crippen molar-refractivity contribution in [3.8, 4) is 0 Å². The van der Waals surface area contributed by atoms with E-state index in [1.807, 2.05) is 6.92 Å². The van der Waals surface area contributed by atoms with Gasteiger partial charge in [0.05, 0.1) is 17.5 Å². The monoisotopic (exact) mass is 373 g/mol. The molecule has 0 aromatic carbocycles. The largest absolute Gasteiger partial charge is 0.350 e. The van der Waals surface area contributed by atoms with Gasteiger partial charge < -0.3 is 14.8 Å². The number of aryl methyl sites for hydroxylation is 2. The van der Waals surface area contributed by atoms with Crippen LogP contribution in [0.2, 0.25) is 0 Å². The Hall–Kier alpha value is -2.97. The SMILES string of the molecule is Cc1nonc1CNC(=O)[C@]1(C)CCCN(C(=O)c2ccc(=O)n(C)c2)C1. The second-order valence-electron chi connectivity index (χ2n) is 7.24. The molecule has 3 heterocycles. The second kappa shape index (κ2) is 7.34. The number of hydrogen-bond donors (Lipinski definition) is 1. The van der Waals surface area contributed by atoms with Crippen molar-refractivity contribution in [3.05, 3.63) is 45.6 Å². The minimum Gasteiger partial charge on any atom is -0.350 e. The van der Waals surface area contributed by atoms with Gasteiger partial charge in [0.2, 0.25) is 11.5 Å². The molecule has 0 saturated carbocycles. The molecule has 0 spiro atoms. The third-order valence-electron chi connectivity index (χ3n) is 5.03. The van der Waals surface area contributed by atoms with Crippen LogP contribution in [0.25, 0.3) is 0 Å². The van der Waals surface area contributed by atoms with Crippen molar-refractivity contribution in [2.75, 3.05) is 13.1 Å². The maximum absolute atomic E-state index is 12.8. The molecule has 0 radical (unpaired) electrons. The van der Waals surface area contributed by atoms with Crippen LogP contribution in [-0.2, 0) is 18.4 Å². The lowest BCUT2D eigenvalue weighted by molar-refractivity contribution is -0.132. The Balaban J connectivity index is 1.69. The fourth-order valence-electron chi connectivity index (χ4n) is 3.29. The summed E-state index contributed by atoms with van der Waals surface area (Å²) in [6.45, 7) is 4.75. The molecule has 9 nitrogen and oxygen atoms in total. The normalized spacial score (nSPS) is 19.7. The average molecular weight is 373 g/mol. The molecule has 1 atom stereocenters. The van der Waals surface area contributed by atoms with E-state index in [0.717, 1.165) is 6.42 Å². The molecule has 2 aromatic rings. The van der Waals surface area contributed by atoms with Gasteiger partial charge in [-0.1, -0.05) is 10.3 Å². The van der Waals surface area contributed by atoms with Crippen LogP contribution in [0, 0.1) is 12.3 Å². The van der Waals surface area contributed by atoms with Crippen LogP contribution >= 0.6 is 0 Å². The van der Waals surface area contributed by atoms with E-state index in [1.54, 1.807) is 18.9 Å². The zero-order chi connectivity index (χ0) is 19.6. The molecular formula is C18H23N5O4. The third kappa shape index (κ3) is 3.91. The number of carbonyl (C=O) groups excluding carboxylic acids is 2. The van der Waals surface area contributed by atoms with Crippen molar-refractivity contribution in [3.63, 3.8) is 0 Å². The van der Waals surface area contributed by atoms with Crippen molar-refractivity contribution >= 4 is 11.8 Å². The first-order chi connectivity index (χ1) is 12.8. The molecule has 1 fully saturated rings. The van der Waals surface area contributed by atoms with E-state index >= 15 is 0 Å². The molecule has 1 N–H and O–H groups in total. The van der Waals surface area contributed by atoms with Crippen molar-refractivity contribution in [2.24, 2.45) is 12.5 Å². The first kappa shape index (κ1) is 18.8. The van der Waals surface area contributed by atoms with Crippen molar-refractivity contribution in [1.82, 2.24) is 25.1 Å². The van der Waals surface area contributed by atoms with E-state index in [9.17, 15) is 14.4 Å². The number of aromatic nitrogens is 3. The van der Waals surface area contributed by atoms with Gasteiger partial charge in [0.15, 0.2) is 0 Å². The number of hydrogen-bond acceptors (Lipinski definition) is 6. The summed E-state index contributed by atoms with van der Waals surface area (Å²) in [5, 5.41) is 10.3. The number of nitrogens with zero attached hydrogens (tertiary/aromatic N) is 4. The molecule has 0 aliphatic carbocycles. The molecule has 0 bridgehead atoms. The molecule has 9 heteroatoms. The molecule has 2 aromatic heterocycles. The van der Waals surface area contributed by atoms with Crippen LogP contribution in [0.3, 0.4) is 0 Å². The summed E-state index contributed by atoms with van der Waals surface area (Å²) in [4.78, 5) is 38.8. The molecule has 1 aliphatic rings. The van der Waals surface area contributed by atoms with E-state index < -0.39 is 5.41 Å². The Labute approximate surface area is 156 Å². The number of piperidine rings is 1. The molecule has 144 valence electrons. The van der Waals surface area contributed by atoms with Crippen molar-refractivity contribution in [1.29, 1.82) is 0 Å². The van der Waals surface area contributed by atoms with E-state index in [2.05, 4.69) is 20.3 Å². The molecule has 3 rings (SSSR count). The highest BCUT2D eigenvalue weighted by atomic mass is 16.6. The molecule has 1 saturated heterocycles. The van der Waals surface area contributed by atoms with Gasteiger partial charge in [-0.3, -0.25) is 14.4 Å². The number of pyridine rings is 1. The summed E-state index contributed by atoms with van der Waals surface area (Å²) in [7, 11) is 1.60. The van der Waals surface area contributed by atoms with Crippen molar-refractivity contribution in [2.45, 2.75) is 33.2 Å². The zero-order valence-electron chi connectivity index (χ0n) is 15.7. The summed E-state index contributed by atoms with van der Waals surface area (Å²) >= 11 is 0. The van der Waals surface area contributed by atoms with Gasteiger partial charge in [0, 0.05) is 32.4 Å². The predicted molar refractivity (Wildman–Crippen MR) is 95.8 cm³/mol. The smallest absolute Gasteiger partial charge is 0.255 e. The molecule has 0 unspecified atom stereocenters. The topological polar surface area (TPSA) is 110 Å². The van der Waals surface area contributed by atoms with Gasteiger partial charge >= 0.3 is 0 Å². The highest BCUT2D eigenvalue weighted by molar-refractivity contribution is 5.94. The van der Waals surface area contributed by atoms with Crippen LogP contribution in [-0.4, -0.2) is 44.7 Å². The lowest BCUT2D eigenvalue weighted by Crippen LogP contribution is -2.51. The van der Waals surface area contributed by atoms with Gasteiger partial charge in [0.25, 0.3) is 5.91 Å². The number of carbonyl (C=O) groups is 2. The minimum atomic E-state index is -0.695. The Morgan fingerprint density at radius 1 is 1.33 bits per heavy atom. The Morgan fingerprint density at radius 3 is 2.78 bits per heavy atom. The summed E-state index contributed by atoms with van der Waals surface area (Å²) in [6, 6.07) is 2.90. The summed E-state index contributed by atoms with van der Waals surface area (Å²) < 4.78 is 6.01. The standard InChI is InChI=1S/C18H23N5O4/c1-12-14(21-27-20-12)9-19-17(26)18(2)7-4-8-23(11-18)16(25)13-5-6-15(24)22(3)10-13/h5-6,10H,4,7-9,11H2,1-3H3,(H,19,26)/t18-/m1/s1. The number of rotatable bonds is 4. The van der Waals surface area contributed by atoms with Crippen LogP contribution in [0.4, 0.5) is 0 Å². The maximum Gasteiger partial charge on any atom is 0.255 e. The van der Waals surface area contributed by atoms with Crippen LogP contribution in [0.15, 0.2) is 27.8 Å². The average Bonchev–Trinajstić information content (AvgIpc) is 3.06. The lowest BCUT2D eigenvalue weighted by atomic mass is 9.80. The third-order valence-corrected chi connectivity index (χ3v) is 5.03. The maximum atomic E-state index is 12.8. The van der Waals surface area contributed by atoms with Crippen LogP contribution in [0.5, 0.6) is 0 Å². The first-order valence-corrected chi connectivity index (χ1v) is 8.82. The van der Waals surface area contributed by atoms with Gasteiger partial charge in [-0.15, -0.1) is 0 Å². The van der Waals surface area contributed by atoms with Crippen LogP contribution in [0.1, 0.15) is 41.5 Å². The van der Waals surface area contributed by atoms with Crippen LogP contribution < -0.4 is 10.9 Å². The molecule has 2 amide bonds. The molecule has 1 aliphatic heterocycles. The Morgan fingerprint density at radius 2 is 2.11 bits per heavy atom. The summed E-state index contributed by atoms with van der Waals surface area (Å²) in [5.41, 5.74) is 0.786. The van der Waals surface area contributed by atoms with Gasteiger partial charge in [-0.2, -0.15) is 0 Å². The highest BCUT2D eigenvalue weighted by Crippen LogP contribution is 2.30. The van der Waals surface area contributed by atoms with E-state index in [-0.39, 0.29) is 23.9 Å². The molecular weight excluding hydrogens is 350 g/mol. The number of nitrogens with one attached hydrogen (secondary N) is 1. The lowest BCUT2D eigenvalue weighted by Gasteiger charge is -2.39. The van der Waals surface area contributed by atoms with Gasteiger partial charge in [0.1, 0.15) is 11.4 Å². The zero-order valence-corrected chi connectivity index (χ0v) is 15.7. The van der Waals surface area contributed by atoms with E-state index in [4.69, 9.17) is 0 Å². The summed E-state index contributed by atoms with van der Waals surface area (Å²) in [5.74, 6) is -0.316.